The lowest BCUT2D eigenvalue weighted by Gasteiger charge is -2.33. The SMILES string of the molecule is C=NC=N/C=C(\C)c1cc2c(-c3nc4c(N5CCN(C)CC5)cncc4[nH]3)n[nH]c2cn1. The Morgan fingerprint density at radius 1 is 1.16 bits per heavy atom. The van der Waals surface area contributed by atoms with Crippen molar-refractivity contribution in [1.82, 2.24) is 35.0 Å². The molecule has 1 saturated heterocycles. The number of likely N-dealkylation sites (N-methyl/N-ethyl adjacent to an activating group) is 1. The first kappa shape index (κ1) is 20.0. The summed E-state index contributed by atoms with van der Waals surface area (Å²) in [6.45, 7) is 9.29. The lowest BCUT2D eigenvalue weighted by atomic mass is 10.1. The molecule has 2 N–H and O–H groups in total. The molecule has 0 amide bonds. The molecule has 0 unspecified atom stereocenters. The predicted octanol–water partition coefficient (Wildman–Crippen LogP) is 2.74. The summed E-state index contributed by atoms with van der Waals surface area (Å²) < 4.78 is 0. The van der Waals surface area contributed by atoms with Gasteiger partial charge in [0, 0.05) is 37.8 Å². The van der Waals surface area contributed by atoms with Crippen molar-refractivity contribution in [3.63, 3.8) is 0 Å². The van der Waals surface area contributed by atoms with E-state index in [2.05, 4.69) is 58.7 Å². The Labute approximate surface area is 184 Å². The first-order chi connectivity index (χ1) is 15.6. The number of fused-ring (bicyclic) bond motifs is 2. The molecule has 0 aliphatic carbocycles. The van der Waals surface area contributed by atoms with Crippen LogP contribution in [0.15, 0.2) is 40.8 Å². The highest BCUT2D eigenvalue weighted by Gasteiger charge is 2.20. The van der Waals surface area contributed by atoms with Gasteiger partial charge < -0.3 is 14.8 Å². The van der Waals surface area contributed by atoms with Gasteiger partial charge in [-0.1, -0.05) is 0 Å². The molecule has 0 radical (unpaired) electrons. The number of piperazine rings is 1. The van der Waals surface area contributed by atoms with Crippen LogP contribution in [0.3, 0.4) is 0 Å². The minimum atomic E-state index is 0.697. The van der Waals surface area contributed by atoms with Crippen LogP contribution in [0.25, 0.3) is 39.0 Å². The van der Waals surface area contributed by atoms with E-state index >= 15 is 0 Å². The molecule has 0 saturated carbocycles. The summed E-state index contributed by atoms with van der Waals surface area (Å²) in [5.41, 5.74) is 6.14. The monoisotopic (exact) mass is 428 g/mol. The van der Waals surface area contributed by atoms with Crippen LogP contribution in [0, 0.1) is 0 Å². The fraction of sp³-hybridized carbons (Fsp3) is 0.273. The largest absolute Gasteiger partial charge is 0.366 e. The number of hydrogen-bond donors (Lipinski definition) is 2. The lowest BCUT2D eigenvalue weighted by Crippen LogP contribution is -2.44. The van der Waals surface area contributed by atoms with Gasteiger partial charge >= 0.3 is 0 Å². The van der Waals surface area contributed by atoms with Gasteiger partial charge in [0.05, 0.1) is 41.0 Å². The molecule has 10 nitrogen and oxygen atoms in total. The van der Waals surface area contributed by atoms with Crippen LogP contribution in [0.4, 0.5) is 5.69 Å². The minimum Gasteiger partial charge on any atom is -0.366 e. The van der Waals surface area contributed by atoms with Crippen molar-refractivity contribution >= 4 is 46.3 Å². The molecule has 10 heteroatoms. The molecule has 4 aromatic rings. The van der Waals surface area contributed by atoms with Gasteiger partial charge in [0.2, 0.25) is 0 Å². The predicted molar refractivity (Wildman–Crippen MR) is 128 cm³/mol. The first-order valence-corrected chi connectivity index (χ1v) is 10.4. The topological polar surface area (TPSA) is 114 Å². The van der Waals surface area contributed by atoms with Crippen LogP contribution in [-0.2, 0) is 0 Å². The highest BCUT2D eigenvalue weighted by Crippen LogP contribution is 2.31. The average molecular weight is 429 g/mol. The Balaban J connectivity index is 1.55. The standard InChI is InChI=1S/C22H24N10/c1-14(9-25-13-23-2)16-8-15-17(11-26-16)29-30-20(15)22-27-18-10-24-12-19(21(18)28-22)32-6-4-31(3)5-7-32/h8-13H,2,4-7H2,1,3H3,(H,27,28)(H,29,30)/b14-9+,25-13?. The summed E-state index contributed by atoms with van der Waals surface area (Å²) in [7, 11) is 2.15. The normalized spacial score (nSPS) is 15.9. The zero-order valence-corrected chi connectivity index (χ0v) is 18.1. The number of nitrogens with zero attached hydrogens (tertiary/aromatic N) is 8. The Morgan fingerprint density at radius 2 is 2.00 bits per heavy atom. The molecule has 0 spiro atoms. The third-order valence-electron chi connectivity index (χ3n) is 5.71. The highest BCUT2D eigenvalue weighted by molar-refractivity contribution is 5.96. The summed E-state index contributed by atoms with van der Waals surface area (Å²) >= 11 is 0. The number of rotatable bonds is 5. The van der Waals surface area contributed by atoms with E-state index in [0.29, 0.717) is 5.82 Å². The maximum absolute atomic E-state index is 4.92. The minimum absolute atomic E-state index is 0.697. The number of imidazole rings is 1. The van der Waals surface area contributed by atoms with Crippen molar-refractivity contribution in [3.05, 3.63) is 36.6 Å². The van der Waals surface area contributed by atoms with Crippen LogP contribution in [0.2, 0.25) is 0 Å². The summed E-state index contributed by atoms with van der Waals surface area (Å²) in [5, 5.41) is 8.51. The van der Waals surface area contributed by atoms with Crippen molar-refractivity contribution in [1.29, 1.82) is 0 Å². The molecule has 162 valence electrons. The second-order valence-electron chi connectivity index (χ2n) is 7.88. The number of aromatic nitrogens is 6. The van der Waals surface area contributed by atoms with Crippen LogP contribution in [0.1, 0.15) is 12.6 Å². The van der Waals surface area contributed by atoms with Crippen molar-refractivity contribution in [2.24, 2.45) is 9.98 Å². The maximum atomic E-state index is 4.92. The molecule has 5 heterocycles. The van der Waals surface area contributed by atoms with E-state index in [1.807, 2.05) is 25.4 Å². The molecular formula is C22H24N10. The Morgan fingerprint density at radius 3 is 2.81 bits per heavy atom. The summed E-state index contributed by atoms with van der Waals surface area (Å²) in [6, 6.07) is 1.99. The van der Waals surface area contributed by atoms with E-state index < -0.39 is 0 Å². The second kappa shape index (κ2) is 8.31. The van der Waals surface area contributed by atoms with Crippen molar-refractivity contribution in [3.8, 4) is 11.5 Å². The molecule has 32 heavy (non-hydrogen) atoms. The van der Waals surface area contributed by atoms with Gasteiger partial charge in [0.15, 0.2) is 5.82 Å². The van der Waals surface area contributed by atoms with Crippen LogP contribution < -0.4 is 4.90 Å². The van der Waals surface area contributed by atoms with E-state index in [9.17, 15) is 0 Å². The fourth-order valence-electron chi connectivity index (χ4n) is 3.88. The highest BCUT2D eigenvalue weighted by atomic mass is 15.3. The molecule has 0 bridgehead atoms. The maximum Gasteiger partial charge on any atom is 0.159 e. The number of pyridine rings is 2. The lowest BCUT2D eigenvalue weighted by molar-refractivity contribution is 0.313. The van der Waals surface area contributed by atoms with Gasteiger partial charge in [0.25, 0.3) is 0 Å². The van der Waals surface area contributed by atoms with Gasteiger partial charge in [-0.2, -0.15) is 5.10 Å². The molecule has 0 aromatic carbocycles. The zero-order chi connectivity index (χ0) is 22.1. The summed E-state index contributed by atoms with van der Waals surface area (Å²) in [6.07, 6.45) is 8.58. The number of nitrogens with one attached hydrogen (secondary N) is 2. The third kappa shape index (κ3) is 3.65. The van der Waals surface area contributed by atoms with Crippen LogP contribution >= 0.6 is 0 Å². The Kier molecular flexibility index (Phi) is 5.20. The second-order valence-corrected chi connectivity index (χ2v) is 7.88. The zero-order valence-electron chi connectivity index (χ0n) is 18.1. The van der Waals surface area contributed by atoms with Crippen LogP contribution in [0.5, 0.6) is 0 Å². The Bertz CT molecular complexity index is 1340. The smallest absolute Gasteiger partial charge is 0.159 e. The molecule has 5 rings (SSSR count). The molecule has 1 aliphatic rings. The molecule has 1 aliphatic heterocycles. The molecule has 4 aromatic heterocycles. The van der Waals surface area contributed by atoms with Gasteiger partial charge in [-0.15, -0.1) is 0 Å². The van der Waals surface area contributed by atoms with E-state index in [0.717, 1.165) is 70.8 Å². The number of anilines is 1. The summed E-state index contributed by atoms with van der Waals surface area (Å²) in [4.78, 5) is 29.6. The van der Waals surface area contributed by atoms with Gasteiger partial charge in [-0.25, -0.2) is 9.98 Å². The number of aliphatic imine (C=N–C) groups is 2. The third-order valence-corrected chi connectivity index (χ3v) is 5.71. The van der Waals surface area contributed by atoms with Gasteiger partial charge in [0.1, 0.15) is 17.5 Å². The first-order valence-electron chi connectivity index (χ1n) is 10.4. The quantitative estimate of drug-likeness (QED) is 0.373. The Hall–Kier alpha value is -3.92. The van der Waals surface area contributed by atoms with Crippen molar-refractivity contribution in [2.45, 2.75) is 6.92 Å². The number of allylic oxidation sites excluding steroid dienone is 1. The van der Waals surface area contributed by atoms with E-state index in [1.165, 1.54) is 6.34 Å². The van der Waals surface area contributed by atoms with E-state index in [4.69, 9.17) is 4.98 Å². The van der Waals surface area contributed by atoms with Gasteiger partial charge in [-0.05, 0) is 32.3 Å². The molecular weight excluding hydrogens is 404 g/mol. The molecule has 1 fully saturated rings. The number of hydrogen-bond acceptors (Lipinski definition) is 7. The van der Waals surface area contributed by atoms with E-state index in [-0.39, 0.29) is 0 Å². The molecule has 0 atom stereocenters. The number of aromatic amines is 2. The fourth-order valence-corrected chi connectivity index (χ4v) is 3.88. The van der Waals surface area contributed by atoms with Crippen molar-refractivity contribution < 1.29 is 0 Å². The van der Waals surface area contributed by atoms with Crippen molar-refractivity contribution in [2.75, 3.05) is 38.1 Å². The van der Waals surface area contributed by atoms with E-state index in [1.54, 1.807) is 12.4 Å². The van der Waals surface area contributed by atoms with Crippen LogP contribution in [-0.4, -0.2) is 81.3 Å². The van der Waals surface area contributed by atoms with Gasteiger partial charge in [-0.3, -0.25) is 20.1 Å². The number of H-pyrrole nitrogens is 2. The summed E-state index contributed by atoms with van der Waals surface area (Å²) in [5.74, 6) is 0.697. The average Bonchev–Trinajstić information content (AvgIpc) is 3.43.